The SMILES string of the molecule is N#Cc1ccccc1OCC(=O)NC1C=CS(=O)(=O)C1. The molecule has 2 rings (SSSR count). The largest absolute Gasteiger partial charge is 0.482 e. The summed E-state index contributed by atoms with van der Waals surface area (Å²) < 4.78 is 27.6. The Morgan fingerprint density at radius 3 is 2.85 bits per heavy atom. The zero-order valence-corrected chi connectivity index (χ0v) is 11.3. The summed E-state index contributed by atoms with van der Waals surface area (Å²) in [6.07, 6.45) is 1.43. The van der Waals surface area contributed by atoms with Crippen LogP contribution in [0.1, 0.15) is 5.56 Å². The molecule has 1 aliphatic heterocycles. The first kappa shape index (κ1) is 14.1. The molecule has 1 aromatic carbocycles. The van der Waals surface area contributed by atoms with Gasteiger partial charge >= 0.3 is 0 Å². The van der Waals surface area contributed by atoms with Crippen molar-refractivity contribution in [3.63, 3.8) is 0 Å². The number of sulfone groups is 1. The molecule has 0 aliphatic carbocycles. The van der Waals surface area contributed by atoms with Gasteiger partial charge in [0.15, 0.2) is 16.4 Å². The number of hydrogen-bond donors (Lipinski definition) is 1. The Bertz CT molecular complexity index is 689. The number of benzene rings is 1. The fraction of sp³-hybridized carbons (Fsp3) is 0.231. The minimum absolute atomic E-state index is 0.131. The predicted octanol–water partition coefficient (Wildman–Crippen LogP) is 0.364. The maximum absolute atomic E-state index is 11.6. The van der Waals surface area contributed by atoms with Gasteiger partial charge in [-0.25, -0.2) is 8.42 Å². The van der Waals surface area contributed by atoms with Crippen molar-refractivity contribution in [1.82, 2.24) is 5.32 Å². The molecule has 1 atom stereocenters. The molecule has 0 fully saturated rings. The molecule has 6 nitrogen and oxygen atoms in total. The standard InChI is InChI=1S/C13H12N2O4S/c14-7-10-3-1-2-4-12(10)19-8-13(16)15-11-5-6-20(17,18)9-11/h1-6,11H,8-9H2,(H,15,16). The van der Waals surface area contributed by atoms with Crippen LogP contribution in [0.4, 0.5) is 0 Å². The third kappa shape index (κ3) is 3.59. The highest BCUT2D eigenvalue weighted by Gasteiger charge is 2.23. The second-order valence-electron chi connectivity index (χ2n) is 4.23. The summed E-state index contributed by atoms with van der Waals surface area (Å²) in [4.78, 5) is 11.6. The highest BCUT2D eigenvalue weighted by molar-refractivity contribution is 7.94. The van der Waals surface area contributed by atoms with Crippen LogP contribution in [0.3, 0.4) is 0 Å². The van der Waals surface area contributed by atoms with Crippen molar-refractivity contribution < 1.29 is 17.9 Å². The molecule has 1 N–H and O–H groups in total. The summed E-state index contributed by atoms with van der Waals surface area (Å²) in [5.74, 6) is -0.253. The van der Waals surface area contributed by atoms with Crippen molar-refractivity contribution >= 4 is 15.7 Å². The number of carbonyl (C=O) groups excluding carboxylic acids is 1. The van der Waals surface area contributed by atoms with E-state index in [4.69, 9.17) is 10.00 Å². The highest BCUT2D eigenvalue weighted by Crippen LogP contribution is 2.16. The highest BCUT2D eigenvalue weighted by atomic mass is 32.2. The Morgan fingerprint density at radius 1 is 1.45 bits per heavy atom. The van der Waals surface area contributed by atoms with E-state index in [2.05, 4.69) is 5.32 Å². The summed E-state index contributed by atoms with van der Waals surface area (Å²) in [6, 6.07) is 7.99. The third-order valence-corrected chi connectivity index (χ3v) is 4.04. The van der Waals surface area contributed by atoms with E-state index in [9.17, 15) is 13.2 Å². The Labute approximate surface area is 116 Å². The van der Waals surface area contributed by atoms with Gasteiger partial charge in [0.05, 0.1) is 17.4 Å². The molecule has 1 heterocycles. The Balaban J connectivity index is 1.88. The number of amides is 1. The van der Waals surface area contributed by atoms with Crippen LogP contribution < -0.4 is 10.1 Å². The molecule has 1 amide bonds. The molecule has 0 aromatic heterocycles. The zero-order chi connectivity index (χ0) is 14.6. The lowest BCUT2D eigenvalue weighted by molar-refractivity contribution is -0.123. The molecule has 7 heteroatoms. The second-order valence-corrected chi connectivity index (χ2v) is 6.16. The van der Waals surface area contributed by atoms with Gasteiger partial charge < -0.3 is 10.1 Å². The second kappa shape index (κ2) is 5.75. The van der Waals surface area contributed by atoms with Gasteiger partial charge in [-0.2, -0.15) is 5.26 Å². The fourth-order valence-corrected chi connectivity index (χ4v) is 2.98. The van der Waals surface area contributed by atoms with Crippen molar-refractivity contribution in [3.8, 4) is 11.8 Å². The number of nitrogens with one attached hydrogen (secondary N) is 1. The van der Waals surface area contributed by atoms with Crippen LogP contribution in [-0.4, -0.2) is 32.7 Å². The molecule has 0 radical (unpaired) electrons. The topological polar surface area (TPSA) is 96.3 Å². The van der Waals surface area contributed by atoms with E-state index in [1.165, 1.54) is 6.08 Å². The van der Waals surface area contributed by atoms with Crippen LogP contribution in [0, 0.1) is 11.3 Å². The van der Waals surface area contributed by atoms with E-state index in [0.29, 0.717) is 11.3 Å². The average molecular weight is 292 g/mol. The van der Waals surface area contributed by atoms with Crippen LogP contribution in [0.2, 0.25) is 0 Å². The predicted molar refractivity (Wildman–Crippen MR) is 71.5 cm³/mol. The van der Waals surface area contributed by atoms with E-state index in [1.807, 2.05) is 6.07 Å². The molecule has 0 bridgehead atoms. The van der Waals surface area contributed by atoms with Crippen LogP contribution in [0.15, 0.2) is 35.7 Å². The molecule has 1 aromatic rings. The number of nitriles is 1. The van der Waals surface area contributed by atoms with Crippen molar-refractivity contribution in [3.05, 3.63) is 41.3 Å². The number of nitrogens with zero attached hydrogens (tertiary/aromatic N) is 1. The van der Waals surface area contributed by atoms with Crippen molar-refractivity contribution in [2.24, 2.45) is 0 Å². The molecular formula is C13H12N2O4S. The lowest BCUT2D eigenvalue weighted by Gasteiger charge is -2.11. The number of para-hydroxylation sites is 1. The third-order valence-electron chi connectivity index (χ3n) is 2.64. The molecule has 0 saturated carbocycles. The van der Waals surface area contributed by atoms with Crippen LogP contribution in [-0.2, 0) is 14.6 Å². The van der Waals surface area contributed by atoms with Gasteiger partial charge in [0.25, 0.3) is 5.91 Å². The van der Waals surface area contributed by atoms with Gasteiger partial charge in [-0.15, -0.1) is 0 Å². The quantitative estimate of drug-likeness (QED) is 0.864. The fourth-order valence-electron chi connectivity index (χ4n) is 1.74. The first-order valence-electron chi connectivity index (χ1n) is 5.82. The summed E-state index contributed by atoms with van der Waals surface area (Å²) in [7, 11) is -3.20. The van der Waals surface area contributed by atoms with E-state index in [-0.39, 0.29) is 12.4 Å². The van der Waals surface area contributed by atoms with Crippen LogP contribution in [0.25, 0.3) is 0 Å². The number of carbonyl (C=O) groups is 1. The summed E-state index contributed by atoms with van der Waals surface area (Å²) in [5, 5.41) is 12.5. The van der Waals surface area contributed by atoms with E-state index in [1.54, 1.807) is 24.3 Å². The minimum Gasteiger partial charge on any atom is -0.482 e. The minimum atomic E-state index is -3.20. The molecule has 0 spiro atoms. The van der Waals surface area contributed by atoms with Gasteiger partial charge in [0.2, 0.25) is 0 Å². The van der Waals surface area contributed by atoms with E-state index >= 15 is 0 Å². The van der Waals surface area contributed by atoms with Crippen molar-refractivity contribution in [1.29, 1.82) is 5.26 Å². The molecule has 0 saturated heterocycles. The zero-order valence-electron chi connectivity index (χ0n) is 10.4. The first-order valence-corrected chi connectivity index (χ1v) is 7.54. The monoisotopic (exact) mass is 292 g/mol. The normalized spacial score (nSPS) is 19.2. The number of hydrogen-bond acceptors (Lipinski definition) is 5. The number of ether oxygens (including phenoxy) is 1. The molecule has 20 heavy (non-hydrogen) atoms. The molecule has 104 valence electrons. The van der Waals surface area contributed by atoms with Gasteiger partial charge in [0.1, 0.15) is 11.8 Å². The molecular weight excluding hydrogens is 280 g/mol. The lowest BCUT2D eigenvalue weighted by Crippen LogP contribution is -2.38. The van der Waals surface area contributed by atoms with Crippen LogP contribution in [0.5, 0.6) is 5.75 Å². The van der Waals surface area contributed by atoms with Gasteiger partial charge in [0, 0.05) is 5.41 Å². The lowest BCUT2D eigenvalue weighted by atomic mass is 10.2. The van der Waals surface area contributed by atoms with E-state index in [0.717, 1.165) is 5.41 Å². The van der Waals surface area contributed by atoms with E-state index < -0.39 is 21.8 Å². The maximum atomic E-state index is 11.6. The van der Waals surface area contributed by atoms with Gasteiger partial charge in [-0.1, -0.05) is 12.1 Å². The number of rotatable bonds is 4. The smallest absolute Gasteiger partial charge is 0.258 e. The molecule has 1 unspecified atom stereocenters. The van der Waals surface area contributed by atoms with Crippen molar-refractivity contribution in [2.75, 3.05) is 12.4 Å². The van der Waals surface area contributed by atoms with Crippen molar-refractivity contribution in [2.45, 2.75) is 6.04 Å². The maximum Gasteiger partial charge on any atom is 0.258 e. The summed E-state index contributed by atoms with van der Waals surface area (Å²) in [5.41, 5.74) is 0.337. The summed E-state index contributed by atoms with van der Waals surface area (Å²) >= 11 is 0. The first-order chi connectivity index (χ1) is 9.50. The Hall–Kier alpha value is -2.33. The van der Waals surface area contributed by atoms with Gasteiger partial charge in [-0.05, 0) is 18.2 Å². The van der Waals surface area contributed by atoms with Gasteiger partial charge in [-0.3, -0.25) is 4.79 Å². The molecule has 1 aliphatic rings. The Morgan fingerprint density at radius 2 is 2.20 bits per heavy atom. The Kier molecular flexibility index (Phi) is 4.05. The average Bonchev–Trinajstić information content (AvgIpc) is 2.76. The summed E-state index contributed by atoms with van der Waals surface area (Å²) in [6.45, 7) is -0.275. The van der Waals surface area contributed by atoms with Crippen LogP contribution >= 0.6 is 0 Å².